The predicted octanol–water partition coefficient (Wildman–Crippen LogP) is 0.483. The molecule has 106 valence electrons. The molecule has 1 unspecified atom stereocenters. The van der Waals surface area contributed by atoms with Crippen LogP contribution in [0.4, 0.5) is 0 Å². The molecule has 1 N–H and O–H groups in total. The van der Waals surface area contributed by atoms with Crippen LogP contribution in [0.15, 0.2) is 17.5 Å². The molecule has 1 aliphatic rings. The van der Waals surface area contributed by atoms with Crippen LogP contribution in [0, 0.1) is 0 Å². The monoisotopic (exact) mass is 302 g/mol. The van der Waals surface area contributed by atoms with Crippen molar-refractivity contribution in [2.24, 2.45) is 0 Å². The standard InChI is InChI=1S/C12H18N2O3S2/c1-14(10-4-6-19(16,17)9-10)8-12(15)13-7-11-3-2-5-18-11/h2-3,5,10H,4,6-9H2,1H3,(H,13,15). The van der Waals surface area contributed by atoms with Gasteiger partial charge in [-0.1, -0.05) is 6.07 Å². The minimum absolute atomic E-state index is 0.0301. The summed E-state index contributed by atoms with van der Waals surface area (Å²) in [6.45, 7) is 0.777. The van der Waals surface area contributed by atoms with E-state index >= 15 is 0 Å². The van der Waals surface area contributed by atoms with Crippen molar-refractivity contribution in [3.63, 3.8) is 0 Å². The Hall–Kier alpha value is -0.920. The molecule has 2 heterocycles. The lowest BCUT2D eigenvalue weighted by atomic mass is 10.2. The van der Waals surface area contributed by atoms with E-state index < -0.39 is 9.84 Å². The van der Waals surface area contributed by atoms with E-state index in [1.165, 1.54) is 0 Å². The molecule has 1 atom stereocenters. The average Bonchev–Trinajstić information content (AvgIpc) is 2.95. The van der Waals surface area contributed by atoms with Crippen LogP contribution in [0.1, 0.15) is 11.3 Å². The number of thiophene rings is 1. The molecule has 0 saturated carbocycles. The Balaban J connectivity index is 1.76. The van der Waals surface area contributed by atoms with Gasteiger partial charge in [-0.3, -0.25) is 9.69 Å². The molecule has 7 heteroatoms. The van der Waals surface area contributed by atoms with E-state index in [4.69, 9.17) is 0 Å². The van der Waals surface area contributed by atoms with E-state index in [-0.39, 0.29) is 30.0 Å². The summed E-state index contributed by atoms with van der Waals surface area (Å²) in [7, 11) is -1.09. The van der Waals surface area contributed by atoms with E-state index in [1.54, 1.807) is 18.4 Å². The number of sulfone groups is 1. The smallest absolute Gasteiger partial charge is 0.234 e. The average molecular weight is 302 g/mol. The van der Waals surface area contributed by atoms with Crippen LogP contribution in [-0.4, -0.2) is 50.4 Å². The van der Waals surface area contributed by atoms with Gasteiger partial charge in [-0.25, -0.2) is 8.42 Å². The molecule has 1 aromatic rings. The Labute approximate surface area is 117 Å². The zero-order chi connectivity index (χ0) is 13.9. The summed E-state index contributed by atoms with van der Waals surface area (Å²) >= 11 is 1.60. The van der Waals surface area contributed by atoms with Gasteiger partial charge in [0.1, 0.15) is 0 Å². The highest BCUT2D eigenvalue weighted by molar-refractivity contribution is 7.91. The van der Waals surface area contributed by atoms with E-state index in [0.717, 1.165) is 4.88 Å². The van der Waals surface area contributed by atoms with Crippen LogP contribution in [0.3, 0.4) is 0 Å². The van der Waals surface area contributed by atoms with Crippen LogP contribution in [0.5, 0.6) is 0 Å². The number of hydrogen-bond donors (Lipinski definition) is 1. The SMILES string of the molecule is CN(CC(=O)NCc1cccs1)C1CCS(=O)(=O)C1. The van der Waals surface area contributed by atoms with Gasteiger partial charge in [0.05, 0.1) is 24.6 Å². The number of rotatable bonds is 5. The fraction of sp³-hybridized carbons (Fsp3) is 0.583. The summed E-state index contributed by atoms with van der Waals surface area (Å²) in [5, 5.41) is 4.81. The zero-order valence-corrected chi connectivity index (χ0v) is 12.5. The molecule has 0 spiro atoms. The number of nitrogens with zero attached hydrogens (tertiary/aromatic N) is 1. The van der Waals surface area contributed by atoms with E-state index in [1.807, 2.05) is 22.4 Å². The first-order valence-electron chi connectivity index (χ1n) is 6.16. The quantitative estimate of drug-likeness (QED) is 0.859. The van der Waals surface area contributed by atoms with Crippen LogP contribution in [0.25, 0.3) is 0 Å². The zero-order valence-electron chi connectivity index (χ0n) is 10.8. The molecular formula is C12H18N2O3S2. The summed E-state index contributed by atoms with van der Waals surface area (Å²) in [6, 6.07) is 3.89. The molecule has 1 aromatic heterocycles. The number of amides is 1. The van der Waals surface area contributed by atoms with Crippen molar-refractivity contribution in [3.8, 4) is 0 Å². The lowest BCUT2D eigenvalue weighted by Gasteiger charge is -2.22. The summed E-state index contributed by atoms with van der Waals surface area (Å²) in [5.74, 6) is 0.334. The molecule has 0 radical (unpaired) electrons. The number of hydrogen-bond acceptors (Lipinski definition) is 5. The maximum Gasteiger partial charge on any atom is 0.234 e. The van der Waals surface area contributed by atoms with Crippen molar-refractivity contribution < 1.29 is 13.2 Å². The summed E-state index contributed by atoms with van der Waals surface area (Å²) in [6.07, 6.45) is 0.622. The van der Waals surface area contributed by atoms with E-state index in [2.05, 4.69) is 5.32 Å². The molecule has 0 aromatic carbocycles. The van der Waals surface area contributed by atoms with Crippen molar-refractivity contribution in [2.45, 2.75) is 19.0 Å². The molecule has 0 aliphatic carbocycles. The molecule has 2 rings (SSSR count). The van der Waals surface area contributed by atoms with Gasteiger partial charge in [-0.05, 0) is 24.9 Å². The lowest BCUT2D eigenvalue weighted by Crippen LogP contribution is -2.40. The highest BCUT2D eigenvalue weighted by atomic mass is 32.2. The van der Waals surface area contributed by atoms with E-state index in [9.17, 15) is 13.2 Å². The Bertz CT molecular complexity index is 525. The third-order valence-corrected chi connectivity index (χ3v) is 5.89. The molecule has 5 nitrogen and oxygen atoms in total. The topological polar surface area (TPSA) is 66.5 Å². The Morgan fingerprint density at radius 2 is 2.37 bits per heavy atom. The summed E-state index contributed by atoms with van der Waals surface area (Å²) < 4.78 is 22.8. The van der Waals surface area contributed by atoms with Gasteiger partial charge in [0, 0.05) is 10.9 Å². The third kappa shape index (κ3) is 4.29. The first kappa shape index (κ1) is 14.5. The van der Waals surface area contributed by atoms with Gasteiger partial charge in [0.25, 0.3) is 0 Å². The molecule has 19 heavy (non-hydrogen) atoms. The van der Waals surface area contributed by atoms with Crippen LogP contribution >= 0.6 is 11.3 Å². The molecule has 1 amide bonds. The minimum Gasteiger partial charge on any atom is -0.350 e. The largest absolute Gasteiger partial charge is 0.350 e. The normalized spacial score (nSPS) is 21.7. The second-order valence-electron chi connectivity index (χ2n) is 4.83. The Morgan fingerprint density at radius 1 is 1.58 bits per heavy atom. The van der Waals surface area contributed by atoms with Gasteiger partial charge in [0.15, 0.2) is 9.84 Å². The first-order chi connectivity index (χ1) is 8.96. The van der Waals surface area contributed by atoms with Gasteiger partial charge >= 0.3 is 0 Å². The fourth-order valence-corrected chi connectivity index (χ4v) is 4.58. The molecule has 1 saturated heterocycles. The summed E-state index contributed by atoms with van der Waals surface area (Å²) in [5.41, 5.74) is 0. The minimum atomic E-state index is -2.90. The molecular weight excluding hydrogens is 284 g/mol. The van der Waals surface area contributed by atoms with Crippen molar-refractivity contribution in [1.29, 1.82) is 0 Å². The number of carbonyl (C=O) groups is 1. The van der Waals surface area contributed by atoms with Gasteiger partial charge in [0.2, 0.25) is 5.91 Å². The van der Waals surface area contributed by atoms with Crippen molar-refractivity contribution in [1.82, 2.24) is 10.2 Å². The highest BCUT2D eigenvalue weighted by Crippen LogP contribution is 2.16. The molecule has 1 fully saturated rings. The van der Waals surface area contributed by atoms with Gasteiger partial charge < -0.3 is 5.32 Å². The van der Waals surface area contributed by atoms with Gasteiger partial charge in [-0.2, -0.15) is 0 Å². The highest BCUT2D eigenvalue weighted by Gasteiger charge is 2.31. The fourth-order valence-electron chi connectivity index (χ4n) is 2.13. The van der Waals surface area contributed by atoms with Crippen molar-refractivity contribution in [3.05, 3.63) is 22.4 Å². The lowest BCUT2D eigenvalue weighted by molar-refractivity contribution is -0.122. The second kappa shape index (κ2) is 6.02. The maximum atomic E-state index is 11.8. The molecule has 1 aliphatic heterocycles. The van der Waals surface area contributed by atoms with Gasteiger partial charge in [-0.15, -0.1) is 11.3 Å². The van der Waals surface area contributed by atoms with Crippen molar-refractivity contribution in [2.75, 3.05) is 25.1 Å². The Morgan fingerprint density at radius 3 is 2.95 bits per heavy atom. The molecule has 0 bridgehead atoms. The Kier molecular flexibility index (Phi) is 4.59. The summed E-state index contributed by atoms with van der Waals surface area (Å²) in [4.78, 5) is 14.7. The van der Waals surface area contributed by atoms with E-state index in [0.29, 0.717) is 13.0 Å². The predicted molar refractivity (Wildman–Crippen MR) is 75.9 cm³/mol. The number of nitrogens with one attached hydrogen (secondary N) is 1. The third-order valence-electron chi connectivity index (χ3n) is 3.26. The van der Waals surface area contributed by atoms with Crippen LogP contribution in [0.2, 0.25) is 0 Å². The second-order valence-corrected chi connectivity index (χ2v) is 8.09. The maximum absolute atomic E-state index is 11.8. The first-order valence-corrected chi connectivity index (χ1v) is 8.86. The van der Waals surface area contributed by atoms with Crippen molar-refractivity contribution >= 4 is 27.1 Å². The van der Waals surface area contributed by atoms with Crippen LogP contribution < -0.4 is 5.32 Å². The number of carbonyl (C=O) groups excluding carboxylic acids is 1. The number of likely N-dealkylation sites (N-methyl/N-ethyl adjacent to an activating group) is 1. The van der Waals surface area contributed by atoms with Crippen LogP contribution in [-0.2, 0) is 21.2 Å².